The SMILES string of the molecule is O=C(OC1CCC1)C1(c2ccccc2)OC1(c1ccccc1)c1ccccc1. The molecule has 3 aromatic carbocycles. The van der Waals surface area contributed by atoms with Gasteiger partial charge in [-0.15, -0.1) is 0 Å². The van der Waals surface area contributed by atoms with Gasteiger partial charge in [-0.2, -0.15) is 0 Å². The number of hydrogen-bond donors (Lipinski definition) is 0. The van der Waals surface area contributed by atoms with Crippen LogP contribution in [0.4, 0.5) is 0 Å². The van der Waals surface area contributed by atoms with Crippen molar-refractivity contribution in [2.45, 2.75) is 36.6 Å². The summed E-state index contributed by atoms with van der Waals surface area (Å²) in [4.78, 5) is 13.5. The highest BCUT2D eigenvalue weighted by molar-refractivity contribution is 5.89. The van der Waals surface area contributed by atoms with E-state index in [1.54, 1.807) is 0 Å². The molecule has 1 aliphatic heterocycles. The van der Waals surface area contributed by atoms with Crippen molar-refractivity contribution in [2.75, 3.05) is 0 Å². The van der Waals surface area contributed by atoms with Crippen molar-refractivity contribution in [3.05, 3.63) is 108 Å². The van der Waals surface area contributed by atoms with Crippen LogP contribution >= 0.6 is 0 Å². The maximum absolute atomic E-state index is 13.5. The second kappa shape index (κ2) is 6.61. The van der Waals surface area contributed by atoms with E-state index in [0.29, 0.717) is 0 Å². The van der Waals surface area contributed by atoms with Gasteiger partial charge in [0.15, 0.2) is 5.60 Å². The first-order chi connectivity index (χ1) is 13.8. The van der Waals surface area contributed by atoms with Gasteiger partial charge >= 0.3 is 5.97 Å². The Balaban J connectivity index is 1.69. The molecule has 3 aromatic rings. The van der Waals surface area contributed by atoms with Crippen molar-refractivity contribution < 1.29 is 14.3 Å². The zero-order chi connectivity index (χ0) is 19.0. The Labute approximate surface area is 164 Å². The van der Waals surface area contributed by atoms with Gasteiger partial charge in [-0.05, 0) is 36.0 Å². The van der Waals surface area contributed by atoms with Gasteiger partial charge < -0.3 is 9.47 Å². The van der Waals surface area contributed by atoms with Crippen LogP contribution in [0.2, 0.25) is 0 Å². The first kappa shape index (κ1) is 17.2. The quantitative estimate of drug-likeness (QED) is 0.471. The summed E-state index contributed by atoms with van der Waals surface area (Å²) in [6.45, 7) is 0. The number of carbonyl (C=O) groups excluding carboxylic acids is 1. The topological polar surface area (TPSA) is 38.8 Å². The number of epoxide rings is 1. The number of hydrogen-bond acceptors (Lipinski definition) is 3. The molecular formula is C25H22O3. The van der Waals surface area contributed by atoms with Gasteiger partial charge in [-0.1, -0.05) is 91.0 Å². The number of benzene rings is 3. The van der Waals surface area contributed by atoms with Gasteiger partial charge in [0.1, 0.15) is 6.10 Å². The molecule has 2 aliphatic rings. The fraction of sp³-hybridized carbons (Fsp3) is 0.240. The van der Waals surface area contributed by atoms with Crippen LogP contribution in [0.3, 0.4) is 0 Å². The molecule has 0 aromatic heterocycles. The number of rotatable bonds is 5. The Morgan fingerprint density at radius 1 is 0.750 bits per heavy atom. The minimum absolute atomic E-state index is 0.00142. The highest BCUT2D eigenvalue weighted by Gasteiger charge is 2.78. The summed E-state index contributed by atoms with van der Waals surface area (Å²) in [5.74, 6) is -0.295. The van der Waals surface area contributed by atoms with E-state index in [2.05, 4.69) is 0 Å². The highest BCUT2D eigenvalue weighted by Crippen LogP contribution is 2.66. The van der Waals surface area contributed by atoms with E-state index < -0.39 is 11.2 Å². The molecule has 1 saturated heterocycles. The fourth-order valence-electron chi connectivity index (χ4n) is 4.20. The molecular weight excluding hydrogens is 348 g/mol. The van der Waals surface area contributed by atoms with E-state index in [9.17, 15) is 4.79 Å². The van der Waals surface area contributed by atoms with Crippen LogP contribution in [0.5, 0.6) is 0 Å². The summed E-state index contributed by atoms with van der Waals surface area (Å²) < 4.78 is 12.4. The maximum Gasteiger partial charge on any atom is 0.347 e. The third-order valence-corrected chi connectivity index (χ3v) is 5.91. The summed E-state index contributed by atoms with van der Waals surface area (Å²) in [6, 6.07) is 29.7. The van der Waals surface area contributed by atoms with Crippen LogP contribution in [0.25, 0.3) is 0 Å². The average Bonchev–Trinajstić information content (AvgIpc) is 3.45. The number of carbonyl (C=O) groups is 1. The second-order valence-electron chi connectivity index (χ2n) is 7.52. The lowest BCUT2D eigenvalue weighted by atomic mass is 9.77. The highest BCUT2D eigenvalue weighted by atomic mass is 16.7. The average molecular weight is 370 g/mol. The Kier molecular flexibility index (Phi) is 4.06. The summed E-state index contributed by atoms with van der Waals surface area (Å²) in [5.41, 5.74) is 0.669. The zero-order valence-corrected chi connectivity index (χ0v) is 15.6. The molecule has 28 heavy (non-hydrogen) atoms. The minimum Gasteiger partial charge on any atom is -0.460 e. The Morgan fingerprint density at radius 2 is 1.21 bits per heavy atom. The van der Waals surface area contributed by atoms with Gasteiger partial charge in [-0.25, -0.2) is 4.79 Å². The summed E-state index contributed by atoms with van der Waals surface area (Å²) >= 11 is 0. The predicted octanol–water partition coefficient (Wildman–Crippen LogP) is 4.95. The third kappa shape index (κ3) is 2.43. The minimum atomic E-state index is -1.17. The maximum atomic E-state index is 13.5. The first-order valence-corrected chi connectivity index (χ1v) is 9.85. The molecule has 1 heterocycles. The summed E-state index contributed by atoms with van der Waals surface area (Å²) in [6.07, 6.45) is 2.97. The Bertz CT molecular complexity index is 925. The number of esters is 1. The molecule has 1 atom stereocenters. The lowest BCUT2D eigenvalue weighted by Crippen LogP contribution is -2.37. The first-order valence-electron chi connectivity index (χ1n) is 9.85. The molecule has 5 rings (SSSR count). The van der Waals surface area contributed by atoms with Crippen LogP contribution in [0.1, 0.15) is 36.0 Å². The van der Waals surface area contributed by atoms with E-state index in [4.69, 9.17) is 9.47 Å². The van der Waals surface area contributed by atoms with Gasteiger partial charge in [0.05, 0.1) is 0 Å². The smallest absolute Gasteiger partial charge is 0.347 e. The molecule has 0 spiro atoms. The van der Waals surface area contributed by atoms with Gasteiger partial charge in [0.25, 0.3) is 0 Å². The standard InChI is InChI=1S/C25H22O3/c26-23(27-22-17-10-18-22)25(21-15-8-3-9-16-21)24(28-25,19-11-4-1-5-12-19)20-13-6-2-7-14-20/h1-9,11-16,22H,10,17-18H2. The van der Waals surface area contributed by atoms with E-state index in [-0.39, 0.29) is 12.1 Å². The predicted molar refractivity (Wildman–Crippen MR) is 107 cm³/mol. The molecule has 0 bridgehead atoms. The second-order valence-corrected chi connectivity index (χ2v) is 7.52. The van der Waals surface area contributed by atoms with Crippen LogP contribution in [-0.2, 0) is 25.5 Å². The van der Waals surface area contributed by atoms with Gasteiger partial charge in [0.2, 0.25) is 5.60 Å². The summed E-state index contributed by atoms with van der Waals surface area (Å²) in [7, 11) is 0. The lowest BCUT2D eigenvalue weighted by molar-refractivity contribution is -0.160. The molecule has 1 unspecified atom stereocenters. The molecule has 3 nitrogen and oxygen atoms in total. The fourth-order valence-corrected chi connectivity index (χ4v) is 4.20. The van der Waals surface area contributed by atoms with E-state index in [1.165, 1.54) is 0 Å². The molecule has 140 valence electrons. The van der Waals surface area contributed by atoms with Crippen LogP contribution < -0.4 is 0 Å². The molecule has 0 N–H and O–H groups in total. The molecule has 1 saturated carbocycles. The molecule has 1 aliphatic carbocycles. The van der Waals surface area contributed by atoms with Crippen LogP contribution in [-0.4, -0.2) is 12.1 Å². The van der Waals surface area contributed by atoms with Gasteiger partial charge in [0, 0.05) is 0 Å². The van der Waals surface area contributed by atoms with Crippen molar-refractivity contribution in [2.24, 2.45) is 0 Å². The monoisotopic (exact) mass is 370 g/mol. The normalized spacial score (nSPS) is 22.9. The van der Waals surface area contributed by atoms with Crippen molar-refractivity contribution >= 4 is 5.97 Å². The van der Waals surface area contributed by atoms with Crippen molar-refractivity contribution in [1.29, 1.82) is 0 Å². The lowest BCUT2D eigenvalue weighted by Gasteiger charge is -2.28. The van der Waals surface area contributed by atoms with E-state index in [1.807, 2.05) is 91.0 Å². The molecule has 0 amide bonds. The van der Waals surface area contributed by atoms with Crippen LogP contribution in [0, 0.1) is 0 Å². The van der Waals surface area contributed by atoms with E-state index in [0.717, 1.165) is 36.0 Å². The van der Waals surface area contributed by atoms with Gasteiger partial charge in [-0.3, -0.25) is 0 Å². The van der Waals surface area contributed by atoms with Crippen molar-refractivity contribution in [3.8, 4) is 0 Å². The largest absolute Gasteiger partial charge is 0.460 e. The Hall–Kier alpha value is -2.91. The van der Waals surface area contributed by atoms with Crippen molar-refractivity contribution in [3.63, 3.8) is 0 Å². The number of ether oxygens (including phenoxy) is 2. The zero-order valence-electron chi connectivity index (χ0n) is 15.6. The third-order valence-electron chi connectivity index (χ3n) is 5.91. The summed E-state index contributed by atoms with van der Waals surface area (Å²) in [5, 5.41) is 0. The van der Waals surface area contributed by atoms with Crippen LogP contribution in [0.15, 0.2) is 91.0 Å². The Morgan fingerprint density at radius 3 is 1.64 bits per heavy atom. The molecule has 3 heteroatoms. The molecule has 2 fully saturated rings. The van der Waals surface area contributed by atoms with Crippen molar-refractivity contribution in [1.82, 2.24) is 0 Å². The molecule has 0 radical (unpaired) electrons. The van der Waals surface area contributed by atoms with E-state index >= 15 is 0 Å².